The first-order valence-corrected chi connectivity index (χ1v) is 11.7. The zero-order chi connectivity index (χ0) is 22.5. The van der Waals surface area contributed by atoms with Crippen molar-refractivity contribution in [2.45, 2.75) is 38.9 Å². The van der Waals surface area contributed by atoms with Gasteiger partial charge in [-0.05, 0) is 72.6 Å². The van der Waals surface area contributed by atoms with Crippen LogP contribution in [0.2, 0.25) is 0 Å². The van der Waals surface area contributed by atoms with Gasteiger partial charge in [-0.1, -0.05) is 66.7 Å². The van der Waals surface area contributed by atoms with Gasteiger partial charge in [-0.3, -0.25) is 0 Å². The van der Waals surface area contributed by atoms with Crippen molar-refractivity contribution >= 4 is 55.2 Å². The van der Waals surface area contributed by atoms with Crippen molar-refractivity contribution in [2.24, 2.45) is 0 Å². The fourth-order valence-electron chi connectivity index (χ4n) is 3.91. The molecule has 0 atom stereocenters. The van der Waals surface area contributed by atoms with E-state index in [-0.39, 0.29) is 0 Å². The molecule has 0 aliphatic rings. The normalized spacial score (nSPS) is 12.7. The molecule has 0 fully saturated rings. The van der Waals surface area contributed by atoms with Crippen molar-refractivity contribution in [3.63, 3.8) is 0 Å². The van der Waals surface area contributed by atoms with Crippen LogP contribution < -0.4 is 5.46 Å². The SMILES string of the molecule is CC(C)(O)C(C)(C)O[B]c1cccc2c1sc1ccc(-c3cccc4ccccc34)cc12. The summed E-state index contributed by atoms with van der Waals surface area (Å²) >= 11 is 1.78. The number of aliphatic hydroxyl groups is 1. The zero-order valence-corrected chi connectivity index (χ0v) is 19.7. The topological polar surface area (TPSA) is 29.5 Å². The van der Waals surface area contributed by atoms with Crippen LogP contribution in [0.15, 0.2) is 78.9 Å². The lowest BCUT2D eigenvalue weighted by atomic mass is 9.82. The minimum absolute atomic E-state index is 0.701. The van der Waals surface area contributed by atoms with E-state index in [9.17, 15) is 5.11 Å². The quantitative estimate of drug-likeness (QED) is 0.311. The molecule has 5 aromatic rings. The van der Waals surface area contributed by atoms with Crippen molar-refractivity contribution in [1.82, 2.24) is 0 Å². The van der Waals surface area contributed by atoms with Crippen molar-refractivity contribution in [1.29, 1.82) is 0 Å². The van der Waals surface area contributed by atoms with E-state index in [1.165, 1.54) is 42.1 Å². The molecule has 0 spiro atoms. The van der Waals surface area contributed by atoms with Gasteiger partial charge >= 0.3 is 7.48 Å². The van der Waals surface area contributed by atoms with Crippen molar-refractivity contribution < 1.29 is 9.76 Å². The number of hydrogen-bond acceptors (Lipinski definition) is 3. The lowest BCUT2D eigenvalue weighted by Crippen LogP contribution is -2.49. The van der Waals surface area contributed by atoms with Gasteiger partial charge in [0.15, 0.2) is 0 Å². The maximum absolute atomic E-state index is 10.4. The second kappa shape index (κ2) is 7.74. The molecular weight excluding hydrogens is 411 g/mol. The van der Waals surface area contributed by atoms with E-state index < -0.39 is 11.2 Å². The third kappa shape index (κ3) is 3.63. The van der Waals surface area contributed by atoms with Crippen LogP contribution in [-0.2, 0) is 4.65 Å². The van der Waals surface area contributed by atoms with E-state index in [4.69, 9.17) is 4.65 Å². The van der Waals surface area contributed by atoms with Crippen molar-refractivity contribution in [2.75, 3.05) is 0 Å². The van der Waals surface area contributed by atoms with Crippen LogP contribution >= 0.6 is 11.3 Å². The Labute approximate surface area is 193 Å². The molecule has 0 bridgehead atoms. The molecule has 1 radical (unpaired) electrons. The van der Waals surface area contributed by atoms with Gasteiger partial charge in [-0.2, -0.15) is 0 Å². The minimum Gasteiger partial charge on any atom is -0.427 e. The number of hydrogen-bond donors (Lipinski definition) is 1. The molecule has 1 aromatic heterocycles. The molecule has 0 aliphatic carbocycles. The Morgan fingerprint density at radius 3 is 2.31 bits per heavy atom. The molecule has 0 unspecified atom stereocenters. The number of benzene rings is 4. The summed E-state index contributed by atoms with van der Waals surface area (Å²) in [6.45, 7) is 7.36. The number of fused-ring (bicyclic) bond motifs is 4. The van der Waals surface area contributed by atoms with Crippen LogP contribution in [0.3, 0.4) is 0 Å². The molecule has 4 aromatic carbocycles. The summed E-state index contributed by atoms with van der Waals surface area (Å²) in [4.78, 5) is 0. The number of rotatable bonds is 5. The second-order valence-electron chi connectivity index (χ2n) is 9.37. The van der Waals surface area contributed by atoms with Gasteiger partial charge in [-0.25, -0.2) is 0 Å². The van der Waals surface area contributed by atoms with Crippen LogP contribution in [0.4, 0.5) is 0 Å². The van der Waals surface area contributed by atoms with Crippen LogP contribution in [0.5, 0.6) is 0 Å². The molecular formula is C28H26BO2S. The molecule has 2 nitrogen and oxygen atoms in total. The van der Waals surface area contributed by atoms with Crippen LogP contribution in [0.25, 0.3) is 42.1 Å². The van der Waals surface area contributed by atoms with E-state index in [2.05, 4.69) is 78.9 Å². The van der Waals surface area contributed by atoms with Gasteiger partial charge in [0, 0.05) is 14.8 Å². The summed E-state index contributed by atoms with van der Waals surface area (Å²) in [6, 6.07) is 28.1. The predicted octanol–water partition coefficient (Wildman–Crippen LogP) is 6.69. The predicted molar refractivity (Wildman–Crippen MR) is 139 cm³/mol. The summed E-state index contributed by atoms with van der Waals surface area (Å²) in [5.41, 5.74) is 1.86. The molecule has 5 rings (SSSR count). The maximum atomic E-state index is 10.4. The summed E-state index contributed by atoms with van der Waals surface area (Å²) < 4.78 is 8.51. The van der Waals surface area contributed by atoms with E-state index in [1.54, 1.807) is 32.7 Å². The first kappa shape index (κ1) is 21.2. The van der Waals surface area contributed by atoms with E-state index in [0.717, 1.165) is 5.46 Å². The van der Waals surface area contributed by atoms with Crippen molar-refractivity contribution in [3.05, 3.63) is 78.9 Å². The lowest BCUT2D eigenvalue weighted by Gasteiger charge is -2.37. The van der Waals surface area contributed by atoms with E-state index in [0.29, 0.717) is 0 Å². The smallest absolute Gasteiger partial charge is 0.332 e. The Kier molecular flexibility index (Phi) is 5.13. The summed E-state index contributed by atoms with van der Waals surface area (Å²) in [7, 11) is 1.79. The summed E-state index contributed by atoms with van der Waals surface area (Å²) in [5, 5.41) is 15.4. The molecule has 32 heavy (non-hydrogen) atoms. The first-order chi connectivity index (χ1) is 15.2. The average molecular weight is 437 g/mol. The Balaban J connectivity index is 1.59. The van der Waals surface area contributed by atoms with E-state index in [1.807, 2.05) is 13.8 Å². The van der Waals surface area contributed by atoms with Gasteiger partial charge in [0.2, 0.25) is 0 Å². The van der Waals surface area contributed by atoms with Gasteiger partial charge in [-0.15, -0.1) is 11.3 Å². The fraction of sp³-hybridized carbons (Fsp3) is 0.214. The first-order valence-electron chi connectivity index (χ1n) is 10.9. The average Bonchev–Trinajstić information content (AvgIpc) is 3.15. The third-order valence-electron chi connectivity index (χ3n) is 6.58. The molecule has 4 heteroatoms. The molecule has 159 valence electrons. The second-order valence-corrected chi connectivity index (χ2v) is 10.4. The molecule has 0 amide bonds. The maximum Gasteiger partial charge on any atom is 0.332 e. The Morgan fingerprint density at radius 1 is 0.781 bits per heavy atom. The van der Waals surface area contributed by atoms with Crippen molar-refractivity contribution in [3.8, 4) is 11.1 Å². The van der Waals surface area contributed by atoms with Crippen LogP contribution in [0, 0.1) is 0 Å². The van der Waals surface area contributed by atoms with Gasteiger partial charge in [0.05, 0.1) is 11.2 Å². The fourth-order valence-corrected chi connectivity index (χ4v) is 5.07. The third-order valence-corrected chi connectivity index (χ3v) is 7.82. The zero-order valence-electron chi connectivity index (χ0n) is 18.8. The molecule has 0 saturated carbocycles. The molecule has 1 N–H and O–H groups in total. The Hall–Kier alpha value is -2.66. The monoisotopic (exact) mass is 437 g/mol. The highest BCUT2D eigenvalue weighted by atomic mass is 32.1. The highest BCUT2D eigenvalue weighted by Crippen LogP contribution is 2.37. The Morgan fingerprint density at radius 2 is 1.50 bits per heavy atom. The molecule has 0 aliphatic heterocycles. The Bertz CT molecular complexity index is 1440. The standard InChI is InChI=1S/C28H26BO2S/c1-27(2,30)28(3,4)31-29-24-14-8-13-22-23-17-19(15-16-25(23)32-26(22)24)21-12-7-10-18-9-5-6-11-20(18)21/h5-17,30H,1-4H3. The highest BCUT2D eigenvalue weighted by molar-refractivity contribution is 7.27. The van der Waals surface area contributed by atoms with E-state index >= 15 is 0 Å². The molecule has 0 saturated heterocycles. The lowest BCUT2D eigenvalue weighted by molar-refractivity contribution is -0.0893. The summed E-state index contributed by atoms with van der Waals surface area (Å²) in [5.74, 6) is 0. The van der Waals surface area contributed by atoms with Crippen LogP contribution in [-0.4, -0.2) is 23.8 Å². The van der Waals surface area contributed by atoms with Gasteiger partial charge in [0.1, 0.15) is 0 Å². The largest absolute Gasteiger partial charge is 0.427 e. The van der Waals surface area contributed by atoms with Gasteiger partial charge < -0.3 is 9.76 Å². The van der Waals surface area contributed by atoms with Crippen LogP contribution in [0.1, 0.15) is 27.7 Å². The van der Waals surface area contributed by atoms with Gasteiger partial charge in [0.25, 0.3) is 0 Å². The number of thiophene rings is 1. The minimum atomic E-state index is -0.953. The summed E-state index contributed by atoms with van der Waals surface area (Å²) in [6.07, 6.45) is 0. The highest BCUT2D eigenvalue weighted by Gasteiger charge is 2.35. The molecule has 1 heterocycles.